The fourth-order valence-corrected chi connectivity index (χ4v) is 3.86. The molecule has 1 aliphatic carbocycles. The first-order valence-corrected chi connectivity index (χ1v) is 11.0. The lowest BCUT2D eigenvalue weighted by molar-refractivity contribution is -0.266. The summed E-state index contributed by atoms with van der Waals surface area (Å²) in [5.41, 5.74) is 1.37. The molecule has 1 aromatic heterocycles. The SMILES string of the molecule is CC(C)Oc1ccc(Cc2cn(C(C)C)nc2O[C@H]2[C@H](O)C(O)[C@H](O)[C@@H](CO)C2(F)F)cc1. The molecule has 1 heterocycles. The van der Waals surface area contributed by atoms with Gasteiger partial charge in [-0.3, -0.25) is 4.68 Å². The molecule has 5 atom stereocenters. The van der Waals surface area contributed by atoms with Gasteiger partial charge in [0.25, 0.3) is 5.92 Å². The monoisotopic (exact) mass is 470 g/mol. The lowest BCUT2D eigenvalue weighted by Gasteiger charge is -2.44. The van der Waals surface area contributed by atoms with E-state index < -0.39 is 42.9 Å². The molecule has 3 rings (SSSR count). The highest BCUT2D eigenvalue weighted by molar-refractivity contribution is 5.35. The highest BCUT2D eigenvalue weighted by atomic mass is 19.3. The molecule has 4 N–H and O–H groups in total. The van der Waals surface area contributed by atoms with Crippen molar-refractivity contribution in [3.63, 3.8) is 0 Å². The Labute approximate surface area is 191 Å². The van der Waals surface area contributed by atoms with Gasteiger partial charge < -0.3 is 29.9 Å². The summed E-state index contributed by atoms with van der Waals surface area (Å²) in [7, 11) is 0. The molecule has 0 radical (unpaired) electrons. The van der Waals surface area contributed by atoms with Crippen LogP contribution < -0.4 is 9.47 Å². The Kier molecular flexibility index (Phi) is 7.62. The Morgan fingerprint density at radius 3 is 2.21 bits per heavy atom. The number of aliphatic hydroxyl groups is 4. The minimum atomic E-state index is -3.82. The minimum absolute atomic E-state index is 0.0281. The topological polar surface area (TPSA) is 117 Å². The molecule has 0 spiro atoms. The van der Waals surface area contributed by atoms with E-state index in [0.29, 0.717) is 17.7 Å². The third-order valence-corrected chi connectivity index (χ3v) is 5.72. The van der Waals surface area contributed by atoms with Gasteiger partial charge in [0.1, 0.15) is 18.0 Å². The number of hydrogen-bond donors (Lipinski definition) is 4. The van der Waals surface area contributed by atoms with Crippen molar-refractivity contribution >= 4 is 0 Å². The molecule has 33 heavy (non-hydrogen) atoms. The van der Waals surface area contributed by atoms with E-state index >= 15 is 8.78 Å². The van der Waals surface area contributed by atoms with Crippen molar-refractivity contribution in [3.05, 3.63) is 41.6 Å². The highest BCUT2D eigenvalue weighted by Gasteiger charge is 2.62. The number of ether oxygens (including phenoxy) is 2. The van der Waals surface area contributed by atoms with Crippen LogP contribution in [0.15, 0.2) is 30.5 Å². The Morgan fingerprint density at radius 2 is 1.67 bits per heavy atom. The maximum Gasteiger partial charge on any atom is 0.294 e. The van der Waals surface area contributed by atoms with E-state index in [2.05, 4.69) is 5.10 Å². The predicted octanol–water partition coefficient (Wildman–Crippen LogP) is 1.93. The average Bonchev–Trinajstić information content (AvgIpc) is 3.14. The quantitative estimate of drug-likeness (QED) is 0.466. The van der Waals surface area contributed by atoms with Gasteiger partial charge in [0, 0.05) is 24.2 Å². The number of benzene rings is 1. The van der Waals surface area contributed by atoms with Crippen molar-refractivity contribution < 1.29 is 38.7 Å². The van der Waals surface area contributed by atoms with Crippen molar-refractivity contribution in [2.45, 2.75) is 76.6 Å². The van der Waals surface area contributed by atoms with Crippen LogP contribution in [-0.4, -0.2) is 73.3 Å². The van der Waals surface area contributed by atoms with Crippen LogP contribution in [-0.2, 0) is 6.42 Å². The number of aliphatic hydroxyl groups excluding tert-OH is 4. The molecule has 8 nitrogen and oxygen atoms in total. The predicted molar refractivity (Wildman–Crippen MR) is 116 cm³/mol. The molecular formula is C23H32F2N2O6. The summed E-state index contributed by atoms with van der Waals surface area (Å²) in [6.45, 7) is 6.49. The van der Waals surface area contributed by atoms with E-state index in [1.165, 1.54) is 0 Å². The van der Waals surface area contributed by atoms with Gasteiger partial charge in [0.05, 0.1) is 24.7 Å². The number of hydrogen-bond acceptors (Lipinski definition) is 7. The molecule has 1 aromatic carbocycles. The molecular weight excluding hydrogens is 438 g/mol. The fraction of sp³-hybridized carbons (Fsp3) is 0.609. The van der Waals surface area contributed by atoms with E-state index in [0.717, 1.165) is 5.56 Å². The van der Waals surface area contributed by atoms with Gasteiger partial charge in [-0.25, -0.2) is 8.78 Å². The average molecular weight is 471 g/mol. The molecule has 0 amide bonds. The van der Waals surface area contributed by atoms with Gasteiger partial charge in [-0.2, -0.15) is 0 Å². The number of alkyl halides is 2. The van der Waals surface area contributed by atoms with Crippen LogP contribution in [0.2, 0.25) is 0 Å². The minimum Gasteiger partial charge on any atom is -0.491 e. The lowest BCUT2D eigenvalue weighted by Crippen LogP contribution is -2.67. The second kappa shape index (κ2) is 9.92. The largest absolute Gasteiger partial charge is 0.491 e. The second-order valence-electron chi connectivity index (χ2n) is 8.99. The third kappa shape index (κ3) is 5.29. The van der Waals surface area contributed by atoms with Crippen LogP contribution in [0.25, 0.3) is 0 Å². The van der Waals surface area contributed by atoms with Crippen LogP contribution in [0.1, 0.15) is 44.9 Å². The normalized spacial score (nSPS) is 27.2. The van der Waals surface area contributed by atoms with Crippen molar-refractivity contribution in [2.24, 2.45) is 5.92 Å². The molecule has 0 bridgehead atoms. The van der Waals surface area contributed by atoms with Crippen molar-refractivity contribution in [1.82, 2.24) is 9.78 Å². The zero-order valence-electron chi connectivity index (χ0n) is 19.1. The summed E-state index contributed by atoms with van der Waals surface area (Å²) in [4.78, 5) is 0. The van der Waals surface area contributed by atoms with Crippen molar-refractivity contribution in [2.75, 3.05) is 6.61 Å². The van der Waals surface area contributed by atoms with Crippen molar-refractivity contribution in [1.29, 1.82) is 0 Å². The van der Waals surface area contributed by atoms with E-state index in [1.54, 1.807) is 10.9 Å². The first kappa shape index (κ1) is 25.4. The molecule has 0 saturated heterocycles. The van der Waals surface area contributed by atoms with Gasteiger partial charge in [-0.15, -0.1) is 5.10 Å². The van der Waals surface area contributed by atoms with Crippen LogP contribution in [0.3, 0.4) is 0 Å². The fourth-order valence-electron chi connectivity index (χ4n) is 3.86. The van der Waals surface area contributed by atoms with E-state index in [-0.39, 0.29) is 18.0 Å². The Hall–Kier alpha value is -2.27. The summed E-state index contributed by atoms with van der Waals surface area (Å²) in [6.07, 6.45) is -6.17. The molecule has 10 heteroatoms. The van der Waals surface area contributed by atoms with Crippen molar-refractivity contribution in [3.8, 4) is 11.6 Å². The Balaban J connectivity index is 1.90. The number of nitrogens with zero attached hydrogens (tertiary/aromatic N) is 2. The molecule has 184 valence electrons. The Bertz CT molecular complexity index is 918. The van der Waals surface area contributed by atoms with Gasteiger partial charge in [0.15, 0.2) is 6.10 Å². The number of halogens is 2. The molecule has 1 saturated carbocycles. The van der Waals surface area contributed by atoms with Gasteiger partial charge >= 0.3 is 0 Å². The zero-order valence-corrected chi connectivity index (χ0v) is 19.1. The molecule has 0 aliphatic heterocycles. The van der Waals surface area contributed by atoms with Gasteiger partial charge in [-0.1, -0.05) is 12.1 Å². The van der Waals surface area contributed by atoms with E-state index in [1.807, 2.05) is 52.0 Å². The van der Waals surface area contributed by atoms with Crippen LogP contribution in [0.4, 0.5) is 8.78 Å². The summed E-state index contributed by atoms with van der Waals surface area (Å²) >= 11 is 0. The van der Waals surface area contributed by atoms with E-state index in [9.17, 15) is 20.4 Å². The maximum atomic E-state index is 15.0. The maximum absolute atomic E-state index is 15.0. The molecule has 1 aliphatic rings. The van der Waals surface area contributed by atoms with Crippen LogP contribution >= 0.6 is 0 Å². The summed E-state index contributed by atoms with van der Waals surface area (Å²) in [6, 6.07) is 7.23. The van der Waals surface area contributed by atoms with Crippen LogP contribution in [0, 0.1) is 5.92 Å². The summed E-state index contributed by atoms with van der Waals surface area (Å²) in [5.74, 6) is -5.22. The first-order chi connectivity index (χ1) is 15.4. The highest BCUT2D eigenvalue weighted by Crippen LogP contribution is 2.41. The van der Waals surface area contributed by atoms with Gasteiger partial charge in [-0.05, 0) is 45.4 Å². The standard InChI is InChI=1S/C23H32F2N2O6/c1-12(2)27-10-15(9-14-5-7-16(8-6-14)32-13(3)4)22(26-27)33-21-20(31)19(30)18(29)17(11-28)23(21,24)25/h5-8,10,12-13,17-21,28-31H,9,11H2,1-4H3/t17-,18-,19?,20-,21+/m1/s1. The summed E-state index contributed by atoms with van der Waals surface area (Å²) < 4.78 is 42.7. The smallest absolute Gasteiger partial charge is 0.294 e. The van der Waals surface area contributed by atoms with Gasteiger partial charge in [0.2, 0.25) is 5.88 Å². The first-order valence-electron chi connectivity index (χ1n) is 11.0. The molecule has 2 aromatic rings. The number of rotatable bonds is 8. The molecule has 1 unspecified atom stereocenters. The zero-order chi connectivity index (χ0) is 24.5. The lowest BCUT2D eigenvalue weighted by atomic mass is 9.78. The number of aromatic nitrogens is 2. The molecule has 1 fully saturated rings. The third-order valence-electron chi connectivity index (χ3n) is 5.72. The van der Waals surface area contributed by atoms with Crippen LogP contribution in [0.5, 0.6) is 11.6 Å². The Morgan fingerprint density at radius 1 is 1.03 bits per heavy atom. The summed E-state index contributed by atoms with van der Waals surface area (Å²) in [5, 5.41) is 43.9. The van der Waals surface area contributed by atoms with E-state index in [4.69, 9.17) is 9.47 Å². The second-order valence-corrected chi connectivity index (χ2v) is 8.99.